The van der Waals surface area contributed by atoms with Crippen LogP contribution in [-0.4, -0.2) is 47.1 Å². The van der Waals surface area contributed by atoms with E-state index in [0.717, 1.165) is 42.4 Å². The standard InChI is InChI=1S/C22H35N3S/c1-3-18-10-8-9-13-21(18)23-22(26)25-16-14-20(15-17-25)24(2)19-11-6-4-5-7-12-19/h8-10,13,19-20H,3-7,11-12,14-17H2,1-2H3,(H,23,26). The van der Waals surface area contributed by atoms with Gasteiger partial charge >= 0.3 is 0 Å². The first-order valence-corrected chi connectivity index (χ1v) is 11.0. The largest absolute Gasteiger partial charge is 0.349 e. The topological polar surface area (TPSA) is 18.5 Å². The Kier molecular flexibility index (Phi) is 7.32. The molecule has 0 radical (unpaired) electrons. The Morgan fingerprint density at radius 2 is 1.65 bits per heavy atom. The van der Waals surface area contributed by atoms with E-state index in [1.165, 1.54) is 56.9 Å². The fraction of sp³-hybridized carbons (Fsp3) is 0.682. The zero-order chi connectivity index (χ0) is 18.4. The third-order valence-electron chi connectivity index (χ3n) is 6.37. The van der Waals surface area contributed by atoms with Crippen molar-refractivity contribution in [1.29, 1.82) is 0 Å². The number of aryl methyl sites for hydroxylation is 1. The van der Waals surface area contributed by atoms with Crippen molar-refractivity contribution in [3.8, 4) is 0 Å². The van der Waals surface area contributed by atoms with Gasteiger partial charge in [0.25, 0.3) is 0 Å². The molecule has 0 spiro atoms. The third kappa shape index (κ3) is 4.98. The van der Waals surface area contributed by atoms with Gasteiger partial charge in [-0.1, -0.05) is 50.8 Å². The molecule has 144 valence electrons. The van der Waals surface area contributed by atoms with E-state index >= 15 is 0 Å². The Hall–Kier alpha value is -1.13. The molecular formula is C22H35N3S. The molecule has 2 fully saturated rings. The minimum absolute atomic E-state index is 0.722. The summed E-state index contributed by atoms with van der Waals surface area (Å²) in [5.41, 5.74) is 2.50. The number of hydrogen-bond donors (Lipinski definition) is 1. The van der Waals surface area contributed by atoms with Gasteiger partial charge in [-0.15, -0.1) is 0 Å². The molecule has 1 saturated carbocycles. The molecule has 1 N–H and O–H groups in total. The van der Waals surface area contributed by atoms with Gasteiger partial charge in [-0.25, -0.2) is 0 Å². The van der Waals surface area contributed by atoms with Gasteiger partial charge in [-0.05, 0) is 63.0 Å². The van der Waals surface area contributed by atoms with Crippen molar-refractivity contribution in [1.82, 2.24) is 9.80 Å². The Labute approximate surface area is 165 Å². The SMILES string of the molecule is CCc1ccccc1NC(=S)N1CCC(N(C)C2CCCCCC2)CC1. The lowest BCUT2D eigenvalue weighted by atomic mass is 9.99. The monoisotopic (exact) mass is 373 g/mol. The van der Waals surface area contributed by atoms with Gasteiger partial charge < -0.3 is 15.1 Å². The summed E-state index contributed by atoms with van der Waals surface area (Å²) in [4.78, 5) is 5.06. The molecule has 3 rings (SSSR count). The molecular weight excluding hydrogens is 338 g/mol. The number of rotatable bonds is 4. The smallest absolute Gasteiger partial charge is 0.173 e. The molecule has 1 aromatic carbocycles. The number of para-hydroxylation sites is 1. The van der Waals surface area contributed by atoms with Gasteiger partial charge in [0.15, 0.2) is 5.11 Å². The molecule has 26 heavy (non-hydrogen) atoms. The van der Waals surface area contributed by atoms with Crippen LogP contribution in [0.1, 0.15) is 63.9 Å². The Balaban J connectivity index is 1.50. The first-order valence-electron chi connectivity index (χ1n) is 10.5. The van der Waals surface area contributed by atoms with Crippen LogP contribution < -0.4 is 5.32 Å². The van der Waals surface area contributed by atoms with E-state index in [0.29, 0.717) is 0 Å². The highest BCUT2D eigenvalue weighted by molar-refractivity contribution is 7.80. The van der Waals surface area contributed by atoms with E-state index in [1.807, 2.05) is 0 Å². The summed E-state index contributed by atoms with van der Waals surface area (Å²) < 4.78 is 0. The molecule has 1 aromatic rings. The van der Waals surface area contributed by atoms with E-state index in [4.69, 9.17) is 12.2 Å². The summed E-state index contributed by atoms with van der Waals surface area (Å²) in [7, 11) is 2.37. The van der Waals surface area contributed by atoms with Gasteiger partial charge in [-0.3, -0.25) is 0 Å². The van der Waals surface area contributed by atoms with Crippen LogP contribution in [0, 0.1) is 0 Å². The first-order chi connectivity index (χ1) is 12.7. The van der Waals surface area contributed by atoms with Gasteiger partial charge in [-0.2, -0.15) is 0 Å². The first kappa shape index (κ1) is 19.6. The van der Waals surface area contributed by atoms with Gasteiger partial charge in [0, 0.05) is 30.9 Å². The molecule has 4 heteroatoms. The van der Waals surface area contributed by atoms with E-state index < -0.39 is 0 Å². The van der Waals surface area contributed by atoms with Crippen LogP contribution in [0.15, 0.2) is 24.3 Å². The minimum atomic E-state index is 0.722. The molecule has 0 amide bonds. The molecule has 0 bridgehead atoms. The average Bonchev–Trinajstić information content (AvgIpc) is 2.97. The second kappa shape index (κ2) is 9.70. The molecule has 1 heterocycles. The number of nitrogens with zero attached hydrogens (tertiary/aromatic N) is 2. The summed E-state index contributed by atoms with van der Waals surface area (Å²) in [5, 5.41) is 4.38. The number of nitrogens with one attached hydrogen (secondary N) is 1. The van der Waals surface area contributed by atoms with Crippen LogP contribution in [0.25, 0.3) is 0 Å². The van der Waals surface area contributed by atoms with Crippen LogP contribution in [0.5, 0.6) is 0 Å². The normalized spacial score (nSPS) is 20.2. The van der Waals surface area contributed by atoms with Gasteiger partial charge in [0.2, 0.25) is 0 Å². The third-order valence-corrected chi connectivity index (χ3v) is 6.73. The van der Waals surface area contributed by atoms with Gasteiger partial charge in [0.05, 0.1) is 0 Å². The van der Waals surface area contributed by atoms with E-state index in [-0.39, 0.29) is 0 Å². The summed E-state index contributed by atoms with van der Waals surface area (Å²) in [5.74, 6) is 0. The number of thiocarbonyl (C=S) groups is 1. The van der Waals surface area contributed by atoms with Crippen LogP contribution in [0.4, 0.5) is 5.69 Å². The highest BCUT2D eigenvalue weighted by Gasteiger charge is 2.28. The predicted molar refractivity (Wildman–Crippen MR) is 116 cm³/mol. The molecule has 1 aliphatic carbocycles. The maximum absolute atomic E-state index is 5.71. The van der Waals surface area contributed by atoms with Crippen molar-refractivity contribution < 1.29 is 0 Å². The van der Waals surface area contributed by atoms with Crippen molar-refractivity contribution in [3.05, 3.63) is 29.8 Å². The summed E-state index contributed by atoms with van der Waals surface area (Å²) >= 11 is 5.71. The van der Waals surface area contributed by atoms with Crippen LogP contribution >= 0.6 is 12.2 Å². The van der Waals surface area contributed by atoms with Crippen molar-refractivity contribution in [2.24, 2.45) is 0 Å². The lowest BCUT2D eigenvalue weighted by molar-refractivity contribution is 0.111. The Morgan fingerprint density at radius 3 is 2.31 bits per heavy atom. The fourth-order valence-electron chi connectivity index (χ4n) is 4.58. The highest BCUT2D eigenvalue weighted by atomic mass is 32.1. The maximum Gasteiger partial charge on any atom is 0.173 e. The second-order valence-electron chi connectivity index (χ2n) is 7.97. The summed E-state index contributed by atoms with van der Waals surface area (Å²) in [6.45, 7) is 4.34. The van der Waals surface area contributed by atoms with Crippen molar-refractivity contribution in [2.45, 2.75) is 76.8 Å². The van der Waals surface area contributed by atoms with Crippen molar-refractivity contribution >= 4 is 23.0 Å². The minimum Gasteiger partial charge on any atom is -0.349 e. The molecule has 2 aliphatic rings. The lowest BCUT2D eigenvalue weighted by Crippen LogP contribution is -2.49. The average molecular weight is 374 g/mol. The molecule has 0 aromatic heterocycles. The zero-order valence-electron chi connectivity index (χ0n) is 16.5. The summed E-state index contributed by atoms with van der Waals surface area (Å²) in [6, 6.07) is 10.0. The van der Waals surface area contributed by atoms with Crippen molar-refractivity contribution in [2.75, 3.05) is 25.5 Å². The van der Waals surface area contributed by atoms with Crippen LogP contribution in [0.2, 0.25) is 0 Å². The lowest BCUT2D eigenvalue weighted by Gasteiger charge is -2.41. The molecule has 1 aliphatic heterocycles. The number of likely N-dealkylation sites (tertiary alicyclic amines) is 1. The van der Waals surface area contributed by atoms with E-state index in [2.05, 4.69) is 53.4 Å². The number of anilines is 1. The van der Waals surface area contributed by atoms with E-state index in [9.17, 15) is 0 Å². The van der Waals surface area contributed by atoms with E-state index in [1.54, 1.807) is 0 Å². The van der Waals surface area contributed by atoms with Gasteiger partial charge in [0.1, 0.15) is 0 Å². The maximum atomic E-state index is 5.71. The molecule has 3 nitrogen and oxygen atoms in total. The van der Waals surface area contributed by atoms with Crippen LogP contribution in [0.3, 0.4) is 0 Å². The summed E-state index contributed by atoms with van der Waals surface area (Å²) in [6.07, 6.45) is 12.0. The Morgan fingerprint density at radius 1 is 1.04 bits per heavy atom. The number of piperidine rings is 1. The van der Waals surface area contributed by atoms with Crippen molar-refractivity contribution in [3.63, 3.8) is 0 Å². The quantitative estimate of drug-likeness (QED) is 0.587. The Bertz CT molecular complexity index is 573. The predicted octanol–water partition coefficient (Wildman–Crippen LogP) is 5.06. The fourth-order valence-corrected chi connectivity index (χ4v) is 4.88. The molecule has 0 unspecified atom stereocenters. The number of benzene rings is 1. The van der Waals surface area contributed by atoms with Crippen LogP contribution in [-0.2, 0) is 6.42 Å². The molecule has 0 atom stereocenters. The second-order valence-corrected chi connectivity index (χ2v) is 8.36. The molecule has 1 saturated heterocycles. The number of hydrogen-bond acceptors (Lipinski definition) is 2. The zero-order valence-corrected chi connectivity index (χ0v) is 17.4. The highest BCUT2D eigenvalue weighted by Crippen LogP contribution is 2.26.